The van der Waals surface area contributed by atoms with Crippen molar-refractivity contribution in [1.82, 2.24) is 9.78 Å². The lowest BCUT2D eigenvalue weighted by Gasteiger charge is -2.11. The maximum absolute atomic E-state index is 14.0. The van der Waals surface area contributed by atoms with Gasteiger partial charge in [0.25, 0.3) is 10.0 Å². The number of aryl methyl sites for hydroxylation is 1. The highest BCUT2D eigenvalue weighted by Crippen LogP contribution is 2.27. The van der Waals surface area contributed by atoms with Crippen molar-refractivity contribution in [2.75, 3.05) is 4.72 Å². The molecule has 0 spiro atoms. The Hall–Kier alpha value is -2.52. The molecule has 0 aliphatic rings. The fourth-order valence-electron chi connectivity index (χ4n) is 2.70. The normalized spacial score (nSPS) is 11.6. The second-order valence-electron chi connectivity index (χ2n) is 6.08. The van der Waals surface area contributed by atoms with E-state index in [1.165, 1.54) is 29.8 Å². The molecule has 0 bridgehead atoms. The summed E-state index contributed by atoms with van der Waals surface area (Å²) in [4.78, 5) is -0.823. The van der Waals surface area contributed by atoms with Gasteiger partial charge in [0, 0.05) is 10.6 Å². The van der Waals surface area contributed by atoms with E-state index < -0.39 is 32.4 Å². The van der Waals surface area contributed by atoms with Crippen molar-refractivity contribution in [3.05, 3.63) is 75.8 Å². The molecule has 0 aliphatic carbocycles. The quantitative estimate of drug-likeness (QED) is 0.653. The zero-order valence-corrected chi connectivity index (χ0v) is 16.4. The second-order valence-corrected chi connectivity index (χ2v) is 8.14. The van der Waals surface area contributed by atoms with Crippen LogP contribution in [0.5, 0.6) is 0 Å². The molecule has 10 heteroatoms. The Morgan fingerprint density at radius 3 is 2.50 bits per heavy atom. The van der Waals surface area contributed by atoms with Gasteiger partial charge in [0.05, 0.1) is 23.6 Å². The van der Waals surface area contributed by atoms with Crippen LogP contribution < -0.4 is 4.72 Å². The van der Waals surface area contributed by atoms with Gasteiger partial charge in [-0.1, -0.05) is 17.7 Å². The van der Waals surface area contributed by atoms with Gasteiger partial charge in [0.1, 0.15) is 22.3 Å². The molecule has 3 aromatic rings. The van der Waals surface area contributed by atoms with Gasteiger partial charge in [-0.25, -0.2) is 21.6 Å². The largest absolute Gasteiger partial charge is 0.276 e. The molecule has 148 valence electrons. The Kier molecular flexibility index (Phi) is 5.40. The molecule has 0 amide bonds. The van der Waals surface area contributed by atoms with Gasteiger partial charge in [0.15, 0.2) is 0 Å². The summed E-state index contributed by atoms with van der Waals surface area (Å²) in [6.07, 6.45) is 0. The van der Waals surface area contributed by atoms with Crippen LogP contribution in [0, 0.1) is 31.3 Å². The SMILES string of the molecule is Cc1nn(Cc2c(F)cccc2Cl)c(C)c1NS(=O)(=O)c1cc(F)ccc1F. The first kappa shape index (κ1) is 20.2. The van der Waals surface area contributed by atoms with E-state index in [-0.39, 0.29) is 28.5 Å². The van der Waals surface area contributed by atoms with Crippen LogP contribution in [-0.2, 0) is 16.6 Å². The first-order valence-electron chi connectivity index (χ1n) is 8.05. The van der Waals surface area contributed by atoms with Crippen LogP contribution in [0.1, 0.15) is 17.0 Å². The van der Waals surface area contributed by atoms with Gasteiger partial charge >= 0.3 is 0 Å². The van der Waals surface area contributed by atoms with Gasteiger partial charge in [0.2, 0.25) is 0 Å². The van der Waals surface area contributed by atoms with E-state index in [0.717, 1.165) is 12.1 Å². The number of nitrogens with zero attached hydrogens (tertiary/aromatic N) is 2. The summed E-state index contributed by atoms with van der Waals surface area (Å²) in [5, 5.41) is 4.41. The molecule has 28 heavy (non-hydrogen) atoms. The van der Waals surface area contributed by atoms with Crippen LogP contribution in [-0.4, -0.2) is 18.2 Å². The highest BCUT2D eigenvalue weighted by Gasteiger charge is 2.24. The van der Waals surface area contributed by atoms with Crippen LogP contribution in [0.2, 0.25) is 5.02 Å². The molecule has 1 heterocycles. The Labute approximate surface area is 164 Å². The molecule has 0 unspecified atom stereocenters. The number of rotatable bonds is 5. The molecule has 0 radical (unpaired) electrons. The Balaban J connectivity index is 1.97. The minimum Gasteiger partial charge on any atom is -0.276 e. The molecule has 0 saturated heterocycles. The smallest absolute Gasteiger partial charge is 0.265 e. The summed E-state index contributed by atoms with van der Waals surface area (Å²) in [5.41, 5.74) is 0.930. The summed E-state index contributed by atoms with van der Waals surface area (Å²) in [6, 6.07) is 6.39. The zero-order valence-electron chi connectivity index (χ0n) is 14.8. The third-order valence-corrected chi connectivity index (χ3v) is 5.89. The number of halogens is 4. The fourth-order valence-corrected chi connectivity index (χ4v) is 4.19. The predicted molar refractivity (Wildman–Crippen MR) is 99.4 cm³/mol. The van der Waals surface area contributed by atoms with Crippen LogP contribution in [0.3, 0.4) is 0 Å². The third-order valence-electron chi connectivity index (χ3n) is 4.17. The highest BCUT2D eigenvalue weighted by atomic mass is 35.5. The van der Waals surface area contributed by atoms with Crippen molar-refractivity contribution in [1.29, 1.82) is 0 Å². The van der Waals surface area contributed by atoms with Crippen LogP contribution in [0.15, 0.2) is 41.3 Å². The minimum atomic E-state index is -4.41. The highest BCUT2D eigenvalue weighted by molar-refractivity contribution is 7.92. The number of hydrogen-bond acceptors (Lipinski definition) is 3. The summed E-state index contributed by atoms with van der Waals surface area (Å²) in [7, 11) is -4.41. The maximum atomic E-state index is 14.0. The van der Waals surface area contributed by atoms with Crippen molar-refractivity contribution in [2.45, 2.75) is 25.3 Å². The van der Waals surface area contributed by atoms with E-state index in [4.69, 9.17) is 11.6 Å². The monoisotopic (exact) mass is 429 g/mol. The Morgan fingerprint density at radius 1 is 1.11 bits per heavy atom. The number of anilines is 1. The van der Waals surface area contributed by atoms with Crippen molar-refractivity contribution in [3.8, 4) is 0 Å². The molecule has 0 atom stereocenters. The van der Waals surface area contributed by atoms with Crippen molar-refractivity contribution >= 4 is 27.3 Å². The maximum Gasteiger partial charge on any atom is 0.265 e. The summed E-state index contributed by atoms with van der Waals surface area (Å²) >= 11 is 6.03. The molecule has 0 fully saturated rings. The van der Waals surface area contributed by atoms with Gasteiger partial charge < -0.3 is 0 Å². The number of aromatic nitrogens is 2. The lowest BCUT2D eigenvalue weighted by atomic mass is 10.2. The van der Waals surface area contributed by atoms with E-state index in [2.05, 4.69) is 9.82 Å². The van der Waals surface area contributed by atoms with Gasteiger partial charge in [-0.15, -0.1) is 0 Å². The summed E-state index contributed by atoms with van der Waals surface area (Å²) in [5.74, 6) is -2.50. The molecule has 1 N–H and O–H groups in total. The summed E-state index contributed by atoms with van der Waals surface area (Å²) in [6.45, 7) is 3.06. The van der Waals surface area contributed by atoms with E-state index in [1.807, 2.05) is 0 Å². The molecule has 5 nitrogen and oxygen atoms in total. The Bertz CT molecular complexity index is 1140. The minimum absolute atomic E-state index is 0.0335. The van der Waals surface area contributed by atoms with E-state index in [9.17, 15) is 21.6 Å². The zero-order chi connectivity index (χ0) is 20.6. The Morgan fingerprint density at radius 2 is 1.82 bits per heavy atom. The lowest BCUT2D eigenvalue weighted by Crippen LogP contribution is -2.16. The number of benzene rings is 2. The fraction of sp³-hybridized carbons (Fsp3) is 0.167. The molecular weight excluding hydrogens is 415 g/mol. The van der Waals surface area contributed by atoms with Gasteiger partial charge in [-0.05, 0) is 44.2 Å². The average molecular weight is 430 g/mol. The first-order chi connectivity index (χ1) is 13.1. The standard InChI is InChI=1S/C18H15ClF3N3O2S/c1-10-18(24-28(26,27)17-8-12(20)6-7-16(17)22)11(2)25(23-10)9-13-14(19)4-3-5-15(13)21/h3-8,24H,9H2,1-2H3. The topological polar surface area (TPSA) is 64.0 Å². The third kappa shape index (κ3) is 3.85. The molecule has 0 aliphatic heterocycles. The van der Waals surface area contributed by atoms with E-state index in [0.29, 0.717) is 11.8 Å². The van der Waals surface area contributed by atoms with Crippen LogP contribution in [0.25, 0.3) is 0 Å². The lowest BCUT2D eigenvalue weighted by molar-refractivity contribution is 0.555. The predicted octanol–water partition coefficient (Wildman–Crippen LogP) is 4.42. The second kappa shape index (κ2) is 7.48. The van der Waals surface area contributed by atoms with Crippen molar-refractivity contribution < 1.29 is 21.6 Å². The van der Waals surface area contributed by atoms with Crippen molar-refractivity contribution in [2.24, 2.45) is 0 Å². The van der Waals surface area contributed by atoms with E-state index >= 15 is 0 Å². The van der Waals surface area contributed by atoms with Gasteiger partial charge in [-0.3, -0.25) is 9.40 Å². The molecule has 0 saturated carbocycles. The van der Waals surface area contributed by atoms with Crippen molar-refractivity contribution in [3.63, 3.8) is 0 Å². The number of sulfonamides is 1. The number of nitrogens with one attached hydrogen (secondary N) is 1. The number of hydrogen-bond donors (Lipinski definition) is 1. The molecule has 3 rings (SSSR count). The van der Waals surface area contributed by atoms with Crippen LogP contribution >= 0.6 is 11.6 Å². The average Bonchev–Trinajstić information content (AvgIpc) is 2.87. The van der Waals surface area contributed by atoms with E-state index in [1.54, 1.807) is 6.92 Å². The summed E-state index contributed by atoms with van der Waals surface area (Å²) < 4.78 is 69.9. The van der Waals surface area contributed by atoms with Gasteiger partial charge in [-0.2, -0.15) is 5.10 Å². The molecule has 2 aromatic carbocycles. The first-order valence-corrected chi connectivity index (χ1v) is 9.91. The molecule has 1 aromatic heterocycles. The molecular formula is C18H15ClF3N3O2S. The van der Waals surface area contributed by atoms with Crippen LogP contribution in [0.4, 0.5) is 18.9 Å².